The average molecular weight is 293 g/mol. The van der Waals surface area contributed by atoms with Gasteiger partial charge in [0.15, 0.2) is 0 Å². The van der Waals surface area contributed by atoms with Crippen LogP contribution in [-0.4, -0.2) is 5.11 Å². The first-order valence-corrected chi connectivity index (χ1v) is 7.46. The van der Waals surface area contributed by atoms with E-state index in [1.807, 2.05) is 18.2 Å². The van der Waals surface area contributed by atoms with Crippen LogP contribution >= 0.6 is 23.4 Å². The molecule has 0 fully saturated rings. The van der Waals surface area contributed by atoms with E-state index in [2.05, 4.69) is 38.1 Å². The number of aliphatic hydroxyl groups is 1. The molecular weight excluding hydrogens is 276 g/mol. The van der Waals surface area contributed by atoms with Crippen molar-refractivity contribution in [3.05, 3.63) is 58.6 Å². The molecule has 1 N–H and O–H groups in total. The minimum atomic E-state index is 0.00692. The highest BCUT2D eigenvalue weighted by molar-refractivity contribution is 7.99. The zero-order valence-electron chi connectivity index (χ0n) is 11.1. The number of benzene rings is 2. The molecule has 0 bridgehead atoms. The average Bonchev–Trinajstić information content (AvgIpc) is 2.41. The van der Waals surface area contributed by atoms with Crippen molar-refractivity contribution in [3.63, 3.8) is 0 Å². The van der Waals surface area contributed by atoms with Crippen molar-refractivity contribution in [3.8, 4) is 0 Å². The van der Waals surface area contributed by atoms with Crippen LogP contribution in [0.5, 0.6) is 0 Å². The van der Waals surface area contributed by atoms with E-state index >= 15 is 0 Å². The van der Waals surface area contributed by atoms with Crippen LogP contribution in [0, 0.1) is 0 Å². The van der Waals surface area contributed by atoms with Crippen molar-refractivity contribution in [1.82, 2.24) is 0 Å². The normalized spacial score (nSPS) is 11.0. The molecular formula is C16H17ClOS. The second kappa shape index (κ2) is 6.47. The van der Waals surface area contributed by atoms with Gasteiger partial charge in [0.25, 0.3) is 0 Å². The summed E-state index contributed by atoms with van der Waals surface area (Å²) < 4.78 is 0. The summed E-state index contributed by atoms with van der Waals surface area (Å²) in [5.41, 5.74) is 2.20. The molecule has 100 valence electrons. The van der Waals surface area contributed by atoms with Gasteiger partial charge in [0.05, 0.1) is 6.61 Å². The highest BCUT2D eigenvalue weighted by atomic mass is 35.5. The summed E-state index contributed by atoms with van der Waals surface area (Å²) in [6.07, 6.45) is 0. The summed E-state index contributed by atoms with van der Waals surface area (Å²) in [6.45, 7) is 4.38. The van der Waals surface area contributed by atoms with Gasteiger partial charge in [0.1, 0.15) is 0 Å². The molecule has 2 aromatic rings. The van der Waals surface area contributed by atoms with Crippen molar-refractivity contribution in [1.29, 1.82) is 0 Å². The maximum atomic E-state index is 9.37. The molecule has 0 aliphatic rings. The summed E-state index contributed by atoms with van der Waals surface area (Å²) in [4.78, 5) is 2.21. The van der Waals surface area contributed by atoms with E-state index in [9.17, 15) is 5.11 Å². The Morgan fingerprint density at radius 3 is 2.37 bits per heavy atom. The zero-order valence-corrected chi connectivity index (χ0v) is 12.6. The van der Waals surface area contributed by atoms with Crippen LogP contribution in [0.1, 0.15) is 30.9 Å². The van der Waals surface area contributed by atoms with Gasteiger partial charge in [-0.2, -0.15) is 0 Å². The predicted octanol–water partition coefficient (Wildman–Crippen LogP) is 5.11. The maximum absolute atomic E-state index is 9.37. The third-order valence-corrected chi connectivity index (χ3v) is 4.33. The molecule has 0 saturated carbocycles. The Morgan fingerprint density at radius 2 is 1.79 bits per heavy atom. The highest BCUT2D eigenvalue weighted by Crippen LogP contribution is 2.32. The number of rotatable bonds is 4. The van der Waals surface area contributed by atoms with E-state index in [1.165, 1.54) is 10.5 Å². The van der Waals surface area contributed by atoms with Gasteiger partial charge in [-0.1, -0.05) is 49.3 Å². The number of halogens is 1. The summed E-state index contributed by atoms with van der Waals surface area (Å²) in [6, 6.07) is 14.2. The Morgan fingerprint density at radius 1 is 1.11 bits per heavy atom. The van der Waals surface area contributed by atoms with Crippen LogP contribution in [-0.2, 0) is 6.61 Å². The lowest BCUT2D eigenvalue weighted by molar-refractivity contribution is 0.279. The van der Waals surface area contributed by atoms with Gasteiger partial charge in [-0.3, -0.25) is 0 Å². The molecule has 1 nitrogen and oxygen atoms in total. The smallest absolute Gasteiger partial charge is 0.0693 e. The van der Waals surface area contributed by atoms with Gasteiger partial charge in [0, 0.05) is 14.8 Å². The fourth-order valence-electron chi connectivity index (χ4n) is 1.82. The largest absolute Gasteiger partial charge is 0.392 e. The first kappa shape index (κ1) is 14.4. The van der Waals surface area contributed by atoms with Crippen molar-refractivity contribution in [2.75, 3.05) is 0 Å². The van der Waals surface area contributed by atoms with E-state index in [0.717, 1.165) is 10.5 Å². The van der Waals surface area contributed by atoms with Crippen LogP contribution in [0.4, 0.5) is 0 Å². The maximum Gasteiger partial charge on any atom is 0.0693 e. The van der Waals surface area contributed by atoms with Gasteiger partial charge in [-0.05, 0) is 47.4 Å². The molecule has 3 heteroatoms. The lowest BCUT2D eigenvalue weighted by Gasteiger charge is -2.09. The summed E-state index contributed by atoms with van der Waals surface area (Å²) >= 11 is 7.58. The molecule has 0 radical (unpaired) electrons. The Kier molecular flexibility index (Phi) is 4.92. The lowest BCUT2D eigenvalue weighted by Crippen LogP contribution is -1.88. The zero-order chi connectivity index (χ0) is 13.8. The highest BCUT2D eigenvalue weighted by Gasteiger charge is 2.05. The van der Waals surface area contributed by atoms with Crippen LogP contribution in [0.2, 0.25) is 5.02 Å². The Labute approximate surface area is 123 Å². The van der Waals surface area contributed by atoms with Crippen molar-refractivity contribution in [2.24, 2.45) is 0 Å². The third kappa shape index (κ3) is 3.75. The fraction of sp³-hybridized carbons (Fsp3) is 0.250. The molecule has 0 saturated heterocycles. The van der Waals surface area contributed by atoms with Gasteiger partial charge in [-0.25, -0.2) is 0 Å². The van der Waals surface area contributed by atoms with E-state index in [0.29, 0.717) is 10.9 Å². The molecule has 0 aliphatic heterocycles. The quantitative estimate of drug-likeness (QED) is 0.845. The fourth-order valence-corrected chi connectivity index (χ4v) is 2.93. The summed E-state index contributed by atoms with van der Waals surface area (Å²) in [5, 5.41) is 10.0. The molecule has 19 heavy (non-hydrogen) atoms. The molecule has 0 heterocycles. The van der Waals surface area contributed by atoms with Gasteiger partial charge in [-0.15, -0.1) is 0 Å². The molecule has 2 rings (SSSR count). The lowest BCUT2D eigenvalue weighted by atomic mass is 10.0. The number of hydrogen-bond acceptors (Lipinski definition) is 2. The molecule has 0 amide bonds. The molecule has 0 spiro atoms. The Balaban J connectivity index is 2.21. The van der Waals surface area contributed by atoms with Gasteiger partial charge < -0.3 is 5.11 Å². The van der Waals surface area contributed by atoms with Gasteiger partial charge >= 0.3 is 0 Å². The van der Waals surface area contributed by atoms with Crippen LogP contribution < -0.4 is 0 Å². The number of hydrogen-bond donors (Lipinski definition) is 1. The van der Waals surface area contributed by atoms with Crippen LogP contribution in [0.3, 0.4) is 0 Å². The van der Waals surface area contributed by atoms with Gasteiger partial charge in [0.2, 0.25) is 0 Å². The molecule has 0 aliphatic carbocycles. The van der Waals surface area contributed by atoms with E-state index in [1.54, 1.807) is 11.8 Å². The van der Waals surface area contributed by atoms with Crippen molar-refractivity contribution < 1.29 is 5.11 Å². The Bertz CT molecular complexity index is 549. The van der Waals surface area contributed by atoms with Crippen LogP contribution in [0.15, 0.2) is 52.3 Å². The van der Waals surface area contributed by atoms with Crippen molar-refractivity contribution >= 4 is 23.4 Å². The summed E-state index contributed by atoms with van der Waals surface area (Å²) in [7, 11) is 0. The van der Waals surface area contributed by atoms with E-state index in [-0.39, 0.29) is 6.61 Å². The molecule has 0 unspecified atom stereocenters. The monoisotopic (exact) mass is 292 g/mol. The first-order valence-electron chi connectivity index (χ1n) is 6.27. The topological polar surface area (TPSA) is 20.2 Å². The molecule has 0 atom stereocenters. The second-order valence-corrected chi connectivity index (χ2v) is 6.29. The Hall–Kier alpha value is -0.960. The summed E-state index contributed by atoms with van der Waals surface area (Å²) in [5.74, 6) is 0.544. The van der Waals surface area contributed by atoms with Crippen LogP contribution in [0.25, 0.3) is 0 Å². The van der Waals surface area contributed by atoms with E-state index in [4.69, 9.17) is 11.6 Å². The van der Waals surface area contributed by atoms with E-state index < -0.39 is 0 Å². The minimum Gasteiger partial charge on any atom is -0.392 e. The molecule has 2 aromatic carbocycles. The molecule has 0 aromatic heterocycles. The predicted molar refractivity (Wildman–Crippen MR) is 82.0 cm³/mol. The van der Waals surface area contributed by atoms with Crippen molar-refractivity contribution in [2.45, 2.75) is 36.2 Å². The standard InChI is InChI=1S/C16H17ClOS/c1-11(2)12-3-6-15(7-4-12)19-16-8-5-14(17)9-13(16)10-18/h3-9,11,18H,10H2,1-2H3. The second-order valence-electron chi connectivity index (χ2n) is 4.74. The minimum absolute atomic E-state index is 0.00692. The first-order chi connectivity index (χ1) is 9.10. The third-order valence-electron chi connectivity index (χ3n) is 2.97. The number of aliphatic hydroxyl groups excluding tert-OH is 1. The SMILES string of the molecule is CC(C)c1ccc(Sc2ccc(Cl)cc2CO)cc1.